The highest BCUT2D eigenvalue weighted by molar-refractivity contribution is 5.83. The van der Waals surface area contributed by atoms with Crippen molar-refractivity contribution in [1.29, 1.82) is 0 Å². The van der Waals surface area contributed by atoms with Crippen molar-refractivity contribution in [2.24, 2.45) is 23.0 Å². The first-order valence-electron chi connectivity index (χ1n) is 7.60. The summed E-state index contributed by atoms with van der Waals surface area (Å²) in [6.07, 6.45) is 6.69. The van der Waals surface area contributed by atoms with Gasteiger partial charge in [0.05, 0.1) is 5.41 Å². The number of rotatable bonds is 3. The van der Waals surface area contributed by atoms with Gasteiger partial charge in [-0.3, -0.25) is 4.79 Å². The minimum absolute atomic E-state index is 0.227. The van der Waals surface area contributed by atoms with Crippen molar-refractivity contribution in [3.8, 4) is 0 Å². The van der Waals surface area contributed by atoms with Crippen molar-refractivity contribution in [2.45, 2.75) is 52.4 Å². The lowest BCUT2D eigenvalue weighted by atomic mass is 9.70. The van der Waals surface area contributed by atoms with Crippen LogP contribution in [0.25, 0.3) is 0 Å². The van der Waals surface area contributed by atoms with Crippen LogP contribution in [0.15, 0.2) is 0 Å². The van der Waals surface area contributed by atoms with Gasteiger partial charge in [0.15, 0.2) is 0 Å². The second kappa shape index (κ2) is 5.60. The summed E-state index contributed by atoms with van der Waals surface area (Å²) in [5, 5.41) is 0. The highest BCUT2D eigenvalue weighted by Crippen LogP contribution is 2.40. The van der Waals surface area contributed by atoms with Crippen LogP contribution in [-0.4, -0.2) is 30.4 Å². The average molecular weight is 252 g/mol. The maximum Gasteiger partial charge on any atom is 0.230 e. The normalized spacial score (nSPS) is 36.9. The fourth-order valence-corrected chi connectivity index (χ4v) is 3.51. The van der Waals surface area contributed by atoms with Gasteiger partial charge >= 0.3 is 0 Å². The molecule has 0 spiro atoms. The quantitative estimate of drug-likeness (QED) is 0.838. The highest BCUT2D eigenvalue weighted by atomic mass is 16.2. The van der Waals surface area contributed by atoms with Gasteiger partial charge in [-0.15, -0.1) is 0 Å². The summed E-state index contributed by atoms with van der Waals surface area (Å²) >= 11 is 0. The molecule has 2 rings (SSSR count). The maximum atomic E-state index is 12.8. The maximum absolute atomic E-state index is 12.8. The molecule has 1 heterocycles. The fourth-order valence-electron chi connectivity index (χ4n) is 3.51. The Kier molecular flexibility index (Phi) is 4.31. The summed E-state index contributed by atoms with van der Waals surface area (Å²) in [7, 11) is 0. The summed E-state index contributed by atoms with van der Waals surface area (Å²) in [5.74, 6) is 1.83. The van der Waals surface area contributed by atoms with Crippen LogP contribution < -0.4 is 5.73 Å². The van der Waals surface area contributed by atoms with E-state index in [1.54, 1.807) is 0 Å². The van der Waals surface area contributed by atoms with E-state index < -0.39 is 0 Å². The fraction of sp³-hybridized carbons (Fsp3) is 0.933. The number of likely N-dealkylation sites (tertiary alicyclic amines) is 1. The lowest BCUT2D eigenvalue weighted by Gasteiger charge is -2.39. The van der Waals surface area contributed by atoms with Crippen molar-refractivity contribution < 1.29 is 4.79 Å². The SMILES string of the molecule is CCC1CCN(C(=O)C2(CN)CCC(C)CC2)C1. The zero-order valence-corrected chi connectivity index (χ0v) is 12.0. The zero-order chi connectivity index (χ0) is 13.2. The number of carbonyl (C=O) groups is 1. The number of nitrogens with zero attached hydrogens (tertiary/aromatic N) is 1. The molecule has 18 heavy (non-hydrogen) atoms. The molecule has 0 aromatic carbocycles. The Morgan fingerprint density at radius 1 is 1.33 bits per heavy atom. The van der Waals surface area contributed by atoms with Crippen molar-refractivity contribution in [1.82, 2.24) is 4.90 Å². The first-order chi connectivity index (χ1) is 8.61. The lowest BCUT2D eigenvalue weighted by Crippen LogP contribution is -2.49. The number of nitrogens with two attached hydrogens (primary N) is 1. The number of hydrogen-bond acceptors (Lipinski definition) is 2. The van der Waals surface area contributed by atoms with E-state index in [9.17, 15) is 4.79 Å². The molecule has 2 N–H and O–H groups in total. The molecule has 0 aromatic rings. The molecule has 0 aromatic heterocycles. The van der Waals surface area contributed by atoms with Crippen LogP contribution in [0.1, 0.15) is 52.4 Å². The third kappa shape index (κ3) is 2.56. The Balaban J connectivity index is 2.02. The Bertz CT molecular complexity index is 295. The molecule has 0 bridgehead atoms. The van der Waals surface area contributed by atoms with Gasteiger partial charge in [0.1, 0.15) is 0 Å². The topological polar surface area (TPSA) is 46.3 Å². The first-order valence-corrected chi connectivity index (χ1v) is 7.60. The molecule has 104 valence electrons. The monoisotopic (exact) mass is 252 g/mol. The van der Waals surface area contributed by atoms with Crippen LogP contribution in [-0.2, 0) is 4.79 Å². The van der Waals surface area contributed by atoms with Crippen LogP contribution in [0.2, 0.25) is 0 Å². The van der Waals surface area contributed by atoms with Crippen LogP contribution in [0, 0.1) is 17.3 Å². The predicted octanol–water partition coefficient (Wildman–Crippen LogP) is 2.40. The molecule has 1 amide bonds. The summed E-state index contributed by atoms with van der Waals surface area (Å²) in [6.45, 7) is 6.96. The minimum Gasteiger partial charge on any atom is -0.342 e. The zero-order valence-electron chi connectivity index (χ0n) is 12.0. The molecule has 1 unspecified atom stereocenters. The molecule has 1 aliphatic heterocycles. The van der Waals surface area contributed by atoms with E-state index in [1.807, 2.05) is 0 Å². The van der Waals surface area contributed by atoms with Crippen molar-refractivity contribution >= 4 is 5.91 Å². The van der Waals surface area contributed by atoms with Gasteiger partial charge in [-0.05, 0) is 43.9 Å². The van der Waals surface area contributed by atoms with Gasteiger partial charge in [0, 0.05) is 19.6 Å². The van der Waals surface area contributed by atoms with E-state index >= 15 is 0 Å². The summed E-state index contributed by atoms with van der Waals surface area (Å²) in [5.41, 5.74) is 5.74. The lowest BCUT2D eigenvalue weighted by molar-refractivity contribution is -0.143. The van der Waals surface area contributed by atoms with Gasteiger partial charge in [-0.25, -0.2) is 0 Å². The second-order valence-corrected chi connectivity index (χ2v) is 6.48. The summed E-state index contributed by atoms with van der Waals surface area (Å²) in [6, 6.07) is 0. The standard InChI is InChI=1S/C15H28N2O/c1-3-13-6-9-17(10-13)14(18)15(11-16)7-4-12(2)5-8-15/h12-13H,3-11,16H2,1-2H3. The number of amides is 1. The summed E-state index contributed by atoms with van der Waals surface area (Å²) < 4.78 is 0. The molecular weight excluding hydrogens is 224 g/mol. The van der Waals surface area contributed by atoms with Crippen LogP contribution >= 0.6 is 0 Å². The molecular formula is C15H28N2O. The van der Waals surface area contributed by atoms with Gasteiger partial charge in [-0.2, -0.15) is 0 Å². The Morgan fingerprint density at radius 2 is 2.00 bits per heavy atom. The predicted molar refractivity (Wildman–Crippen MR) is 74.1 cm³/mol. The van der Waals surface area contributed by atoms with E-state index in [0.717, 1.165) is 44.7 Å². The molecule has 0 radical (unpaired) electrons. The van der Waals surface area contributed by atoms with Crippen molar-refractivity contribution in [3.05, 3.63) is 0 Å². The Labute approximate surface area is 111 Å². The van der Waals surface area contributed by atoms with Gasteiger partial charge < -0.3 is 10.6 Å². The van der Waals surface area contributed by atoms with Crippen molar-refractivity contribution in [3.63, 3.8) is 0 Å². The third-order valence-electron chi connectivity index (χ3n) is 5.23. The molecule has 1 aliphatic carbocycles. The van der Waals surface area contributed by atoms with Crippen LogP contribution in [0.4, 0.5) is 0 Å². The Morgan fingerprint density at radius 3 is 2.50 bits per heavy atom. The van der Waals surface area contributed by atoms with E-state index in [0.29, 0.717) is 18.4 Å². The number of hydrogen-bond donors (Lipinski definition) is 1. The average Bonchev–Trinajstić information content (AvgIpc) is 2.88. The van der Waals surface area contributed by atoms with Gasteiger partial charge in [0.2, 0.25) is 5.91 Å². The molecule has 1 saturated carbocycles. The van der Waals surface area contributed by atoms with Gasteiger partial charge in [0.25, 0.3) is 0 Å². The molecule has 3 heteroatoms. The minimum atomic E-state index is -0.227. The molecule has 1 atom stereocenters. The van der Waals surface area contributed by atoms with E-state index in [-0.39, 0.29) is 5.41 Å². The van der Waals surface area contributed by atoms with E-state index in [4.69, 9.17) is 5.73 Å². The van der Waals surface area contributed by atoms with E-state index in [2.05, 4.69) is 18.7 Å². The smallest absolute Gasteiger partial charge is 0.230 e. The highest BCUT2D eigenvalue weighted by Gasteiger charge is 2.43. The first kappa shape index (κ1) is 13.9. The summed E-state index contributed by atoms with van der Waals surface area (Å²) in [4.78, 5) is 14.9. The second-order valence-electron chi connectivity index (χ2n) is 6.48. The molecule has 2 aliphatic rings. The molecule has 2 fully saturated rings. The van der Waals surface area contributed by atoms with E-state index in [1.165, 1.54) is 12.8 Å². The molecule has 3 nitrogen and oxygen atoms in total. The number of carbonyl (C=O) groups excluding carboxylic acids is 1. The van der Waals surface area contributed by atoms with Crippen LogP contribution in [0.3, 0.4) is 0 Å². The van der Waals surface area contributed by atoms with Crippen molar-refractivity contribution in [2.75, 3.05) is 19.6 Å². The largest absolute Gasteiger partial charge is 0.342 e. The molecule has 1 saturated heterocycles. The third-order valence-corrected chi connectivity index (χ3v) is 5.23. The Hall–Kier alpha value is -0.570. The van der Waals surface area contributed by atoms with Gasteiger partial charge in [-0.1, -0.05) is 20.3 Å². The van der Waals surface area contributed by atoms with Crippen LogP contribution in [0.5, 0.6) is 0 Å².